The summed E-state index contributed by atoms with van der Waals surface area (Å²) in [5, 5.41) is 16.7. The molecule has 1 aromatic heterocycles. The quantitative estimate of drug-likeness (QED) is 0.361. The largest absolute Gasteiger partial charge is 0.480 e. The Morgan fingerprint density at radius 3 is 2.44 bits per heavy atom. The highest BCUT2D eigenvalue weighted by Crippen LogP contribution is 2.35. The van der Waals surface area contributed by atoms with Crippen LogP contribution in [0.1, 0.15) is 29.1 Å². The van der Waals surface area contributed by atoms with Gasteiger partial charge in [0.25, 0.3) is 5.91 Å². The summed E-state index contributed by atoms with van der Waals surface area (Å²) in [4.78, 5) is 29.8. The lowest BCUT2D eigenvalue weighted by Gasteiger charge is -2.15. The summed E-state index contributed by atoms with van der Waals surface area (Å²) in [5.74, 6) is -1.18. The number of nitrogens with one attached hydrogen (secondary N) is 2. The van der Waals surface area contributed by atoms with Crippen LogP contribution in [0, 0.1) is 5.92 Å². The molecule has 0 saturated carbocycles. The number of hydrogen-bond donors (Lipinski definition) is 3. The SMILES string of the molecule is CC(C)Cc1sc(NCC(NC(=O)c2ccccc2)C(=O)O)nc1-c1ccc(Cl)c(Cl)c1. The van der Waals surface area contributed by atoms with Gasteiger partial charge in [-0.3, -0.25) is 4.79 Å². The normalized spacial score (nSPS) is 11.9. The van der Waals surface area contributed by atoms with Gasteiger partial charge >= 0.3 is 5.97 Å². The van der Waals surface area contributed by atoms with Gasteiger partial charge in [-0.1, -0.05) is 61.3 Å². The number of halogens is 2. The summed E-state index contributed by atoms with van der Waals surface area (Å²) in [7, 11) is 0. The number of carbonyl (C=O) groups excluding carboxylic acids is 1. The smallest absolute Gasteiger partial charge is 0.328 e. The van der Waals surface area contributed by atoms with Gasteiger partial charge in [-0.2, -0.15) is 0 Å². The Morgan fingerprint density at radius 1 is 1.09 bits per heavy atom. The molecule has 0 radical (unpaired) electrons. The fraction of sp³-hybridized carbons (Fsp3) is 0.261. The number of carboxylic acid groups (broad SMARTS) is 1. The van der Waals surface area contributed by atoms with Crippen molar-refractivity contribution < 1.29 is 14.7 Å². The van der Waals surface area contributed by atoms with Crippen LogP contribution in [-0.4, -0.2) is 34.6 Å². The molecule has 1 unspecified atom stereocenters. The summed E-state index contributed by atoms with van der Waals surface area (Å²) in [5.41, 5.74) is 2.02. The van der Waals surface area contributed by atoms with E-state index in [1.54, 1.807) is 42.5 Å². The number of thiazole rings is 1. The summed E-state index contributed by atoms with van der Waals surface area (Å²) in [6.45, 7) is 4.22. The molecule has 1 heterocycles. The maximum absolute atomic E-state index is 12.4. The molecule has 0 fully saturated rings. The van der Waals surface area contributed by atoms with Crippen LogP contribution in [0.15, 0.2) is 48.5 Å². The molecule has 9 heteroatoms. The predicted molar refractivity (Wildman–Crippen MR) is 130 cm³/mol. The van der Waals surface area contributed by atoms with Crippen molar-refractivity contribution in [3.8, 4) is 11.3 Å². The molecule has 1 atom stereocenters. The molecule has 0 aliphatic rings. The first-order valence-corrected chi connectivity index (χ1v) is 11.6. The average Bonchev–Trinajstić information content (AvgIpc) is 3.15. The van der Waals surface area contributed by atoms with E-state index in [0.717, 1.165) is 22.6 Å². The molecule has 0 aliphatic heterocycles. The summed E-state index contributed by atoms with van der Waals surface area (Å²) in [6.07, 6.45) is 0.808. The molecule has 6 nitrogen and oxygen atoms in total. The van der Waals surface area contributed by atoms with Crippen molar-refractivity contribution in [3.05, 3.63) is 69.0 Å². The number of hydrogen-bond acceptors (Lipinski definition) is 5. The number of amides is 1. The van der Waals surface area contributed by atoms with E-state index >= 15 is 0 Å². The molecule has 32 heavy (non-hydrogen) atoms. The highest BCUT2D eigenvalue weighted by atomic mass is 35.5. The number of aliphatic carboxylic acids is 1. The van der Waals surface area contributed by atoms with E-state index in [4.69, 9.17) is 23.2 Å². The van der Waals surface area contributed by atoms with Crippen LogP contribution in [-0.2, 0) is 11.2 Å². The number of anilines is 1. The van der Waals surface area contributed by atoms with Crippen LogP contribution in [0.4, 0.5) is 5.13 Å². The number of rotatable bonds is 9. The third-order valence-electron chi connectivity index (χ3n) is 4.58. The molecule has 0 spiro atoms. The molecular weight excluding hydrogens is 469 g/mol. The van der Waals surface area contributed by atoms with Gasteiger partial charge < -0.3 is 15.7 Å². The minimum absolute atomic E-state index is 0.0106. The molecule has 3 aromatic rings. The van der Waals surface area contributed by atoms with Crippen LogP contribution in [0.2, 0.25) is 10.0 Å². The van der Waals surface area contributed by atoms with E-state index in [2.05, 4.69) is 29.5 Å². The Morgan fingerprint density at radius 2 is 1.81 bits per heavy atom. The Bertz CT molecular complexity index is 1100. The lowest BCUT2D eigenvalue weighted by Crippen LogP contribution is -2.45. The first kappa shape index (κ1) is 24.0. The third kappa shape index (κ3) is 6.22. The highest BCUT2D eigenvalue weighted by molar-refractivity contribution is 7.16. The number of aromatic nitrogens is 1. The predicted octanol–water partition coefficient (Wildman–Crippen LogP) is 5.61. The number of benzene rings is 2. The average molecular weight is 492 g/mol. The molecule has 3 rings (SSSR count). The Balaban J connectivity index is 1.78. The van der Waals surface area contributed by atoms with E-state index in [9.17, 15) is 14.7 Å². The van der Waals surface area contributed by atoms with Gasteiger partial charge in [-0.15, -0.1) is 11.3 Å². The van der Waals surface area contributed by atoms with Crippen molar-refractivity contribution in [3.63, 3.8) is 0 Å². The van der Waals surface area contributed by atoms with Gasteiger partial charge in [-0.05, 0) is 36.6 Å². The Hall–Kier alpha value is -2.61. The third-order valence-corrected chi connectivity index (χ3v) is 6.36. The molecular formula is C23H23Cl2N3O3S. The van der Waals surface area contributed by atoms with Crippen molar-refractivity contribution in [1.29, 1.82) is 0 Å². The van der Waals surface area contributed by atoms with Crippen LogP contribution in [0.5, 0.6) is 0 Å². The Labute approximate surface area is 200 Å². The molecule has 168 valence electrons. The lowest BCUT2D eigenvalue weighted by molar-refractivity contribution is -0.138. The van der Waals surface area contributed by atoms with Crippen LogP contribution in [0.25, 0.3) is 11.3 Å². The van der Waals surface area contributed by atoms with Gasteiger partial charge in [0, 0.05) is 22.5 Å². The van der Waals surface area contributed by atoms with Gasteiger partial charge in [-0.25, -0.2) is 9.78 Å². The van der Waals surface area contributed by atoms with E-state index in [1.165, 1.54) is 11.3 Å². The minimum atomic E-state index is -1.13. The molecule has 0 aliphatic carbocycles. The second-order valence-corrected chi connectivity index (χ2v) is 9.53. The first-order chi connectivity index (χ1) is 15.2. The summed E-state index contributed by atoms with van der Waals surface area (Å²) in [6, 6.07) is 12.7. The van der Waals surface area contributed by atoms with Crippen molar-refractivity contribution in [2.75, 3.05) is 11.9 Å². The van der Waals surface area contributed by atoms with Gasteiger partial charge in [0.2, 0.25) is 0 Å². The maximum atomic E-state index is 12.4. The zero-order chi connectivity index (χ0) is 23.3. The van der Waals surface area contributed by atoms with E-state index in [-0.39, 0.29) is 6.54 Å². The summed E-state index contributed by atoms with van der Waals surface area (Å²) >= 11 is 13.7. The number of carbonyl (C=O) groups is 2. The standard InChI is InChI=1S/C23H23Cl2N3O3S/c1-13(2)10-19-20(15-8-9-16(24)17(25)11-15)28-23(32-19)26-12-18(22(30)31)27-21(29)14-6-4-3-5-7-14/h3-9,11,13,18H,10,12H2,1-2H3,(H,26,28)(H,27,29)(H,30,31). The van der Waals surface area contributed by atoms with E-state index < -0.39 is 17.9 Å². The minimum Gasteiger partial charge on any atom is -0.480 e. The molecule has 2 aromatic carbocycles. The van der Waals surface area contributed by atoms with Crippen LogP contribution < -0.4 is 10.6 Å². The van der Waals surface area contributed by atoms with Gasteiger partial charge in [0.05, 0.1) is 15.7 Å². The maximum Gasteiger partial charge on any atom is 0.328 e. The van der Waals surface area contributed by atoms with Gasteiger partial charge in [0.15, 0.2) is 5.13 Å². The Kier molecular flexibility index (Phi) is 8.12. The fourth-order valence-corrected chi connectivity index (χ4v) is 4.53. The lowest BCUT2D eigenvalue weighted by atomic mass is 10.0. The van der Waals surface area contributed by atoms with Crippen LogP contribution >= 0.6 is 34.5 Å². The molecule has 3 N–H and O–H groups in total. The topological polar surface area (TPSA) is 91.3 Å². The number of nitrogens with zero attached hydrogens (tertiary/aromatic N) is 1. The number of carboxylic acids is 1. The highest BCUT2D eigenvalue weighted by Gasteiger charge is 2.22. The second-order valence-electron chi connectivity index (χ2n) is 7.63. The zero-order valence-corrected chi connectivity index (χ0v) is 19.9. The van der Waals surface area contributed by atoms with E-state index in [1.807, 2.05) is 6.07 Å². The van der Waals surface area contributed by atoms with Crippen LogP contribution in [0.3, 0.4) is 0 Å². The van der Waals surface area contributed by atoms with Gasteiger partial charge in [0.1, 0.15) is 6.04 Å². The second kappa shape index (κ2) is 10.8. The van der Waals surface area contributed by atoms with Crippen molar-refractivity contribution in [2.24, 2.45) is 5.92 Å². The molecule has 0 bridgehead atoms. The monoisotopic (exact) mass is 491 g/mol. The van der Waals surface area contributed by atoms with Crippen molar-refractivity contribution >= 4 is 51.5 Å². The van der Waals surface area contributed by atoms with Crippen molar-refractivity contribution in [1.82, 2.24) is 10.3 Å². The van der Waals surface area contributed by atoms with E-state index in [0.29, 0.717) is 26.7 Å². The fourth-order valence-electron chi connectivity index (χ4n) is 3.03. The molecule has 0 saturated heterocycles. The van der Waals surface area contributed by atoms with Crippen molar-refractivity contribution in [2.45, 2.75) is 26.3 Å². The molecule has 1 amide bonds. The summed E-state index contributed by atoms with van der Waals surface area (Å²) < 4.78 is 0. The first-order valence-electron chi connectivity index (χ1n) is 10.0. The zero-order valence-electron chi connectivity index (χ0n) is 17.6.